The lowest BCUT2D eigenvalue weighted by Gasteiger charge is -2.31. The summed E-state index contributed by atoms with van der Waals surface area (Å²) in [5.74, 6) is -2.48. The van der Waals surface area contributed by atoms with Crippen LogP contribution < -0.4 is 10.2 Å². The molecule has 2 N–H and O–H groups in total. The number of likely N-dealkylation sites (N-methyl/N-ethyl adjacent to an activating group) is 2. The Balaban J connectivity index is 1.94. The van der Waals surface area contributed by atoms with E-state index in [-0.39, 0.29) is 38.0 Å². The number of quaternary nitrogens is 1. The van der Waals surface area contributed by atoms with Crippen LogP contribution in [0.5, 0.6) is 0 Å². The van der Waals surface area contributed by atoms with E-state index in [0.717, 1.165) is 21.3 Å². The molecule has 2 rings (SSSR count). The number of sulfonamides is 1. The summed E-state index contributed by atoms with van der Waals surface area (Å²) in [6.07, 6.45) is 0. The molecule has 0 atom stereocenters. The monoisotopic (exact) mass is 405 g/mol. The summed E-state index contributed by atoms with van der Waals surface area (Å²) >= 11 is 0. The highest BCUT2D eigenvalue weighted by molar-refractivity contribution is 7.89. The van der Waals surface area contributed by atoms with Crippen molar-refractivity contribution in [2.75, 3.05) is 53.4 Å². The van der Waals surface area contributed by atoms with Gasteiger partial charge in [-0.15, -0.1) is 0 Å². The first kappa shape index (κ1) is 21.2. The third-order valence-corrected chi connectivity index (χ3v) is 6.36. The van der Waals surface area contributed by atoms with Crippen LogP contribution in [0.15, 0.2) is 23.1 Å². The van der Waals surface area contributed by atoms with Crippen LogP contribution in [0.25, 0.3) is 0 Å². The van der Waals surface area contributed by atoms with Crippen molar-refractivity contribution < 1.29 is 31.7 Å². The predicted molar refractivity (Wildman–Crippen MR) is 92.4 cm³/mol. The Morgan fingerprint density at radius 1 is 1.26 bits per heavy atom. The summed E-state index contributed by atoms with van der Waals surface area (Å²) in [6.45, 7) is 1.03. The number of carbonyl (C=O) groups is 2. The van der Waals surface area contributed by atoms with E-state index >= 15 is 0 Å². The van der Waals surface area contributed by atoms with Crippen LogP contribution in [0.2, 0.25) is 0 Å². The fourth-order valence-electron chi connectivity index (χ4n) is 2.77. The normalized spacial score (nSPS) is 16.1. The predicted octanol–water partition coefficient (Wildman–Crippen LogP) is -1.94. The standard InChI is InChI=1S/C16H22F2N4O4S/c1-19-15(23)10-20(2)16(24)11-21-5-7-22(8-6-21)27(25,26)14-4-3-12(17)9-13(14)18/h3-4,9H,5-8,10-11H2,1-2H3,(H,19,23)/p+1. The van der Waals surface area contributed by atoms with Crippen LogP contribution in [-0.2, 0) is 19.6 Å². The van der Waals surface area contributed by atoms with Gasteiger partial charge in [0, 0.05) is 20.2 Å². The van der Waals surface area contributed by atoms with Gasteiger partial charge in [-0.3, -0.25) is 9.59 Å². The molecule has 1 aromatic rings. The van der Waals surface area contributed by atoms with Crippen molar-refractivity contribution in [1.29, 1.82) is 0 Å². The molecule has 1 fully saturated rings. The van der Waals surface area contributed by atoms with Gasteiger partial charge >= 0.3 is 0 Å². The lowest BCUT2D eigenvalue weighted by atomic mass is 10.3. The second-order valence-electron chi connectivity index (χ2n) is 6.33. The van der Waals surface area contributed by atoms with Gasteiger partial charge in [0.25, 0.3) is 5.91 Å². The van der Waals surface area contributed by atoms with Gasteiger partial charge in [0.15, 0.2) is 6.54 Å². The number of rotatable bonds is 6. The van der Waals surface area contributed by atoms with Crippen molar-refractivity contribution in [2.45, 2.75) is 4.90 Å². The molecule has 0 spiro atoms. The third kappa shape index (κ3) is 5.21. The summed E-state index contributed by atoms with van der Waals surface area (Å²) in [5, 5.41) is 2.43. The molecule has 27 heavy (non-hydrogen) atoms. The largest absolute Gasteiger partial charge is 0.358 e. The summed E-state index contributed by atoms with van der Waals surface area (Å²) in [5.41, 5.74) is 0. The van der Waals surface area contributed by atoms with E-state index in [1.54, 1.807) is 0 Å². The molecule has 8 nitrogen and oxygen atoms in total. The van der Waals surface area contributed by atoms with E-state index in [9.17, 15) is 26.8 Å². The van der Waals surface area contributed by atoms with Crippen LogP contribution >= 0.6 is 0 Å². The fraction of sp³-hybridized carbons (Fsp3) is 0.500. The zero-order chi connectivity index (χ0) is 20.2. The Bertz CT molecular complexity index is 811. The zero-order valence-corrected chi connectivity index (χ0v) is 16.0. The lowest BCUT2D eigenvalue weighted by molar-refractivity contribution is -0.895. The molecule has 11 heteroatoms. The number of nitrogens with one attached hydrogen (secondary N) is 2. The molecule has 0 saturated carbocycles. The molecule has 1 saturated heterocycles. The fourth-order valence-corrected chi connectivity index (χ4v) is 4.26. The first-order chi connectivity index (χ1) is 12.6. The molecule has 1 aromatic carbocycles. The molecule has 2 amide bonds. The van der Waals surface area contributed by atoms with Gasteiger partial charge < -0.3 is 15.1 Å². The maximum absolute atomic E-state index is 13.8. The zero-order valence-electron chi connectivity index (χ0n) is 15.2. The molecule has 150 valence electrons. The highest BCUT2D eigenvalue weighted by Gasteiger charge is 2.33. The van der Waals surface area contributed by atoms with Crippen molar-refractivity contribution >= 4 is 21.8 Å². The van der Waals surface area contributed by atoms with Gasteiger partial charge in [0.2, 0.25) is 15.9 Å². The Morgan fingerprint density at radius 3 is 2.44 bits per heavy atom. The summed E-state index contributed by atoms with van der Waals surface area (Å²) < 4.78 is 53.1. The molecule has 1 heterocycles. The molecular weight excluding hydrogens is 382 g/mol. The van der Waals surface area contributed by atoms with E-state index in [4.69, 9.17) is 0 Å². The lowest BCUT2D eigenvalue weighted by Crippen LogP contribution is -3.15. The minimum absolute atomic E-state index is 0.0486. The van der Waals surface area contributed by atoms with Crippen molar-refractivity contribution in [3.05, 3.63) is 29.8 Å². The number of hydrogen-bond donors (Lipinski definition) is 2. The van der Waals surface area contributed by atoms with Gasteiger partial charge in [-0.1, -0.05) is 0 Å². The topological polar surface area (TPSA) is 91.2 Å². The average molecular weight is 405 g/mol. The Morgan fingerprint density at radius 2 is 1.89 bits per heavy atom. The molecule has 0 aromatic heterocycles. The van der Waals surface area contributed by atoms with Gasteiger partial charge in [0.1, 0.15) is 16.5 Å². The maximum Gasteiger partial charge on any atom is 0.277 e. The maximum atomic E-state index is 13.8. The van der Waals surface area contributed by atoms with E-state index < -0.39 is 26.6 Å². The highest BCUT2D eigenvalue weighted by atomic mass is 32.2. The molecule has 0 radical (unpaired) electrons. The summed E-state index contributed by atoms with van der Waals surface area (Å²) in [6, 6.07) is 2.35. The van der Waals surface area contributed by atoms with Crippen LogP contribution in [-0.4, -0.2) is 82.8 Å². The Hall–Kier alpha value is -2.11. The third-order valence-electron chi connectivity index (χ3n) is 4.43. The second kappa shape index (κ2) is 8.72. The number of piperazine rings is 1. The molecule has 0 unspecified atom stereocenters. The van der Waals surface area contributed by atoms with Gasteiger partial charge in [-0.2, -0.15) is 4.31 Å². The number of hydrogen-bond acceptors (Lipinski definition) is 4. The molecule has 1 aliphatic rings. The SMILES string of the molecule is CNC(=O)CN(C)C(=O)C[NH+]1CCN(S(=O)(=O)c2ccc(F)cc2F)CC1. The van der Waals surface area contributed by atoms with E-state index in [1.807, 2.05) is 0 Å². The van der Waals surface area contributed by atoms with Crippen LogP contribution in [0.3, 0.4) is 0 Å². The van der Waals surface area contributed by atoms with Gasteiger partial charge in [-0.05, 0) is 12.1 Å². The minimum atomic E-state index is -4.07. The highest BCUT2D eigenvalue weighted by Crippen LogP contribution is 2.20. The minimum Gasteiger partial charge on any atom is -0.358 e. The van der Waals surface area contributed by atoms with Crippen LogP contribution in [0.4, 0.5) is 8.78 Å². The van der Waals surface area contributed by atoms with E-state index in [0.29, 0.717) is 19.2 Å². The Kier molecular flexibility index (Phi) is 6.84. The van der Waals surface area contributed by atoms with E-state index in [2.05, 4.69) is 5.32 Å². The Labute approximate surface area is 156 Å². The quantitative estimate of drug-likeness (QED) is 0.576. The second-order valence-corrected chi connectivity index (χ2v) is 8.23. The van der Waals surface area contributed by atoms with Crippen molar-refractivity contribution in [3.8, 4) is 0 Å². The van der Waals surface area contributed by atoms with Gasteiger partial charge in [0.05, 0.1) is 32.7 Å². The summed E-state index contributed by atoms with van der Waals surface area (Å²) in [4.78, 5) is 25.1. The number of carbonyl (C=O) groups excluding carboxylic acids is 2. The molecule has 0 bridgehead atoms. The van der Waals surface area contributed by atoms with Crippen molar-refractivity contribution in [2.24, 2.45) is 0 Å². The smallest absolute Gasteiger partial charge is 0.277 e. The van der Waals surface area contributed by atoms with E-state index in [1.165, 1.54) is 19.0 Å². The van der Waals surface area contributed by atoms with Crippen molar-refractivity contribution in [1.82, 2.24) is 14.5 Å². The molecule has 1 aliphatic heterocycles. The first-order valence-corrected chi connectivity index (χ1v) is 9.82. The van der Waals surface area contributed by atoms with Gasteiger partial charge in [-0.25, -0.2) is 17.2 Å². The molecule has 0 aliphatic carbocycles. The number of benzene rings is 1. The number of nitrogens with zero attached hydrogens (tertiary/aromatic N) is 2. The summed E-state index contributed by atoms with van der Waals surface area (Å²) in [7, 11) is -1.06. The number of halogens is 2. The molecular formula is C16H23F2N4O4S+. The average Bonchev–Trinajstić information content (AvgIpc) is 2.61. The van der Waals surface area contributed by atoms with Crippen LogP contribution in [0.1, 0.15) is 0 Å². The number of amides is 2. The van der Waals surface area contributed by atoms with Crippen LogP contribution in [0, 0.1) is 11.6 Å². The first-order valence-electron chi connectivity index (χ1n) is 8.38. The van der Waals surface area contributed by atoms with Crippen molar-refractivity contribution in [3.63, 3.8) is 0 Å².